The van der Waals surface area contributed by atoms with Crippen LogP contribution in [0.4, 0.5) is 8.78 Å². The smallest absolute Gasteiger partial charge is 0.165 e. The van der Waals surface area contributed by atoms with Gasteiger partial charge in [-0.2, -0.15) is 0 Å². The summed E-state index contributed by atoms with van der Waals surface area (Å²) in [5.41, 5.74) is 2.00. The highest BCUT2D eigenvalue weighted by atomic mass is 19.1. The molecule has 0 heterocycles. The molecular formula is C17H19F2NO. The number of ether oxygens (including phenoxy) is 1. The van der Waals surface area contributed by atoms with E-state index < -0.39 is 11.6 Å². The molecule has 0 bridgehead atoms. The molecule has 0 aliphatic rings. The summed E-state index contributed by atoms with van der Waals surface area (Å²) in [7, 11) is 0. The zero-order valence-electron chi connectivity index (χ0n) is 12.4. The number of benzene rings is 2. The van der Waals surface area contributed by atoms with Gasteiger partial charge in [-0.3, -0.25) is 0 Å². The summed E-state index contributed by atoms with van der Waals surface area (Å²) in [5.74, 6) is -0.692. The lowest BCUT2D eigenvalue weighted by Crippen LogP contribution is -2.21. The topological polar surface area (TPSA) is 21.3 Å². The zero-order chi connectivity index (χ0) is 15.4. The van der Waals surface area contributed by atoms with Gasteiger partial charge in [0.1, 0.15) is 11.6 Å². The molecule has 2 rings (SSSR count). The fourth-order valence-corrected chi connectivity index (χ4v) is 1.93. The first kappa shape index (κ1) is 15.4. The first-order valence-corrected chi connectivity index (χ1v) is 6.91. The standard InChI is InChI=1S/C17H19F2NO/c1-11(2)20-10-13-4-7-16(12(3)8-13)21-17-9-14(18)5-6-15(17)19/h4-9,11,20H,10H2,1-3H3. The van der Waals surface area contributed by atoms with Crippen molar-refractivity contribution in [1.82, 2.24) is 5.32 Å². The number of nitrogens with one attached hydrogen (secondary N) is 1. The van der Waals surface area contributed by atoms with E-state index in [0.29, 0.717) is 11.8 Å². The number of rotatable bonds is 5. The van der Waals surface area contributed by atoms with Gasteiger partial charge in [-0.05, 0) is 36.2 Å². The van der Waals surface area contributed by atoms with Crippen LogP contribution in [-0.4, -0.2) is 6.04 Å². The summed E-state index contributed by atoms with van der Waals surface area (Å²) in [6.45, 7) is 6.80. The van der Waals surface area contributed by atoms with E-state index in [1.165, 1.54) is 0 Å². The maximum Gasteiger partial charge on any atom is 0.165 e. The zero-order valence-corrected chi connectivity index (χ0v) is 12.4. The van der Waals surface area contributed by atoms with Gasteiger partial charge in [0, 0.05) is 18.7 Å². The van der Waals surface area contributed by atoms with E-state index in [9.17, 15) is 8.78 Å². The van der Waals surface area contributed by atoms with Crippen molar-refractivity contribution in [2.24, 2.45) is 0 Å². The number of hydrogen-bond acceptors (Lipinski definition) is 2. The monoisotopic (exact) mass is 291 g/mol. The fraction of sp³-hybridized carbons (Fsp3) is 0.294. The molecule has 4 heteroatoms. The molecule has 0 saturated carbocycles. The summed E-state index contributed by atoms with van der Waals surface area (Å²) < 4.78 is 32.2. The fourth-order valence-electron chi connectivity index (χ4n) is 1.93. The van der Waals surface area contributed by atoms with Crippen molar-refractivity contribution in [3.63, 3.8) is 0 Å². The molecule has 112 valence electrons. The normalized spacial score (nSPS) is 11.0. The van der Waals surface area contributed by atoms with Gasteiger partial charge < -0.3 is 10.1 Å². The van der Waals surface area contributed by atoms with Gasteiger partial charge in [-0.15, -0.1) is 0 Å². The lowest BCUT2D eigenvalue weighted by molar-refractivity contribution is 0.433. The van der Waals surface area contributed by atoms with Gasteiger partial charge >= 0.3 is 0 Å². The summed E-state index contributed by atoms with van der Waals surface area (Å²) in [5, 5.41) is 3.32. The largest absolute Gasteiger partial charge is 0.454 e. The highest BCUT2D eigenvalue weighted by Gasteiger charge is 2.09. The van der Waals surface area contributed by atoms with Crippen LogP contribution in [0.2, 0.25) is 0 Å². The minimum atomic E-state index is -0.582. The minimum absolute atomic E-state index is 0.105. The van der Waals surface area contributed by atoms with Gasteiger partial charge in [0.15, 0.2) is 11.6 Å². The molecule has 0 amide bonds. The molecule has 0 atom stereocenters. The highest BCUT2D eigenvalue weighted by Crippen LogP contribution is 2.28. The molecule has 0 saturated heterocycles. The molecule has 0 aliphatic heterocycles. The van der Waals surface area contributed by atoms with Crippen LogP contribution in [0.25, 0.3) is 0 Å². The van der Waals surface area contributed by atoms with Crippen molar-refractivity contribution in [3.05, 3.63) is 59.2 Å². The Bertz CT molecular complexity index is 626. The molecule has 0 fully saturated rings. The molecule has 2 aromatic rings. The van der Waals surface area contributed by atoms with Crippen LogP contribution in [-0.2, 0) is 6.54 Å². The SMILES string of the molecule is Cc1cc(CNC(C)C)ccc1Oc1cc(F)ccc1F. The Morgan fingerprint density at radius 2 is 1.81 bits per heavy atom. The maximum atomic E-state index is 13.6. The van der Waals surface area contributed by atoms with Crippen molar-refractivity contribution >= 4 is 0 Å². The van der Waals surface area contributed by atoms with Crippen molar-refractivity contribution in [2.45, 2.75) is 33.4 Å². The van der Waals surface area contributed by atoms with Crippen molar-refractivity contribution in [3.8, 4) is 11.5 Å². The van der Waals surface area contributed by atoms with Crippen molar-refractivity contribution in [2.75, 3.05) is 0 Å². The Balaban J connectivity index is 2.15. The van der Waals surface area contributed by atoms with Crippen LogP contribution in [0, 0.1) is 18.6 Å². The molecule has 0 spiro atoms. The molecule has 1 N–H and O–H groups in total. The lowest BCUT2D eigenvalue weighted by Gasteiger charge is -2.12. The van der Waals surface area contributed by atoms with E-state index >= 15 is 0 Å². The van der Waals surface area contributed by atoms with Gasteiger partial charge in [-0.25, -0.2) is 8.78 Å². The Labute approximate surface area is 123 Å². The second kappa shape index (κ2) is 6.68. The molecule has 0 aliphatic carbocycles. The molecule has 0 aromatic heterocycles. The van der Waals surface area contributed by atoms with E-state index in [1.54, 1.807) is 6.07 Å². The second-order valence-corrected chi connectivity index (χ2v) is 5.31. The van der Waals surface area contributed by atoms with E-state index in [2.05, 4.69) is 19.2 Å². The summed E-state index contributed by atoms with van der Waals surface area (Å²) in [6, 6.07) is 9.23. The number of halogens is 2. The van der Waals surface area contributed by atoms with E-state index in [1.807, 2.05) is 19.1 Å². The van der Waals surface area contributed by atoms with E-state index in [0.717, 1.165) is 35.9 Å². The lowest BCUT2D eigenvalue weighted by atomic mass is 10.1. The Kier molecular flexibility index (Phi) is 4.91. The third-order valence-electron chi connectivity index (χ3n) is 3.07. The first-order valence-electron chi connectivity index (χ1n) is 6.91. The third kappa shape index (κ3) is 4.26. The molecule has 0 unspecified atom stereocenters. The predicted octanol–water partition coefficient (Wildman–Crippen LogP) is 4.56. The van der Waals surface area contributed by atoms with Crippen LogP contribution in [0.5, 0.6) is 11.5 Å². The second-order valence-electron chi connectivity index (χ2n) is 5.31. The summed E-state index contributed by atoms with van der Waals surface area (Å²) >= 11 is 0. The van der Waals surface area contributed by atoms with Crippen molar-refractivity contribution in [1.29, 1.82) is 0 Å². The molecular weight excluding hydrogens is 272 g/mol. The Morgan fingerprint density at radius 1 is 1.05 bits per heavy atom. The van der Waals surface area contributed by atoms with Crippen molar-refractivity contribution < 1.29 is 13.5 Å². The van der Waals surface area contributed by atoms with Crippen LogP contribution in [0.1, 0.15) is 25.0 Å². The van der Waals surface area contributed by atoms with Gasteiger partial charge in [0.2, 0.25) is 0 Å². The number of aryl methyl sites for hydroxylation is 1. The average Bonchev–Trinajstić information content (AvgIpc) is 2.43. The molecule has 21 heavy (non-hydrogen) atoms. The molecule has 2 aromatic carbocycles. The van der Waals surface area contributed by atoms with Crippen LogP contribution >= 0.6 is 0 Å². The predicted molar refractivity (Wildman–Crippen MR) is 79.6 cm³/mol. The van der Waals surface area contributed by atoms with Gasteiger partial charge in [0.05, 0.1) is 0 Å². The van der Waals surface area contributed by atoms with Crippen LogP contribution in [0.3, 0.4) is 0 Å². The summed E-state index contributed by atoms with van der Waals surface area (Å²) in [6.07, 6.45) is 0. The quantitative estimate of drug-likeness (QED) is 0.871. The molecule has 2 nitrogen and oxygen atoms in total. The van der Waals surface area contributed by atoms with Crippen LogP contribution < -0.4 is 10.1 Å². The summed E-state index contributed by atoms with van der Waals surface area (Å²) in [4.78, 5) is 0. The Hall–Kier alpha value is -1.94. The molecule has 0 radical (unpaired) electrons. The Morgan fingerprint density at radius 3 is 2.48 bits per heavy atom. The first-order chi connectivity index (χ1) is 9.95. The third-order valence-corrected chi connectivity index (χ3v) is 3.07. The minimum Gasteiger partial charge on any atom is -0.454 e. The number of hydrogen-bond donors (Lipinski definition) is 1. The average molecular weight is 291 g/mol. The van der Waals surface area contributed by atoms with E-state index in [-0.39, 0.29) is 5.75 Å². The highest BCUT2D eigenvalue weighted by molar-refractivity contribution is 5.40. The van der Waals surface area contributed by atoms with Crippen LogP contribution in [0.15, 0.2) is 36.4 Å². The van der Waals surface area contributed by atoms with Gasteiger partial charge in [-0.1, -0.05) is 26.0 Å². The maximum absolute atomic E-state index is 13.6. The van der Waals surface area contributed by atoms with Gasteiger partial charge in [0.25, 0.3) is 0 Å². The van der Waals surface area contributed by atoms with E-state index in [4.69, 9.17) is 4.74 Å².